The van der Waals surface area contributed by atoms with E-state index in [-0.39, 0.29) is 5.91 Å². The Kier molecular flexibility index (Phi) is 1.96. The first-order chi connectivity index (χ1) is 6.68. The van der Waals surface area contributed by atoms with Gasteiger partial charge in [-0.3, -0.25) is 4.79 Å². The number of aromatic nitrogens is 2. The predicted octanol–water partition coefficient (Wildman–Crippen LogP) is 1.04. The third-order valence-electron chi connectivity index (χ3n) is 2.06. The standard InChI is InChI=1S/C10H11N3O/c1-12(2)10(14)8-3-4-9-5-11-7-13(9)6-8/h3-7H,1-2H3. The molecule has 0 unspecified atom stereocenters. The van der Waals surface area contributed by atoms with Crippen LogP contribution >= 0.6 is 0 Å². The van der Waals surface area contributed by atoms with Gasteiger partial charge in [-0.1, -0.05) is 0 Å². The highest BCUT2D eigenvalue weighted by molar-refractivity contribution is 5.93. The second-order valence-electron chi connectivity index (χ2n) is 3.34. The average Bonchev–Trinajstić information content (AvgIpc) is 2.62. The van der Waals surface area contributed by atoms with Gasteiger partial charge >= 0.3 is 0 Å². The molecule has 14 heavy (non-hydrogen) atoms. The van der Waals surface area contributed by atoms with Crippen molar-refractivity contribution in [1.29, 1.82) is 0 Å². The van der Waals surface area contributed by atoms with Crippen LogP contribution in [0.2, 0.25) is 0 Å². The first kappa shape index (κ1) is 8.74. The first-order valence-electron chi connectivity index (χ1n) is 4.32. The quantitative estimate of drug-likeness (QED) is 0.672. The minimum Gasteiger partial charge on any atom is -0.345 e. The maximum absolute atomic E-state index is 11.6. The Labute approximate surface area is 81.8 Å². The van der Waals surface area contributed by atoms with E-state index in [0.717, 1.165) is 5.52 Å². The molecule has 0 aliphatic heterocycles. The van der Waals surface area contributed by atoms with Crippen LogP contribution in [0.3, 0.4) is 0 Å². The van der Waals surface area contributed by atoms with Gasteiger partial charge in [-0.15, -0.1) is 0 Å². The van der Waals surface area contributed by atoms with Gasteiger partial charge in [-0.2, -0.15) is 0 Å². The largest absolute Gasteiger partial charge is 0.345 e. The van der Waals surface area contributed by atoms with E-state index in [1.165, 1.54) is 0 Å². The molecule has 0 spiro atoms. The molecule has 0 bridgehead atoms. The normalized spacial score (nSPS) is 10.4. The van der Waals surface area contributed by atoms with Crippen molar-refractivity contribution in [2.75, 3.05) is 14.1 Å². The molecule has 2 rings (SSSR count). The highest BCUT2D eigenvalue weighted by Gasteiger charge is 2.07. The number of hydrogen-bond acceptors (Lipinski definition) is 2. The van der Waals surface area contributed by atoms with Crippen LogP contribution in [0.25, 0.3) is 5.52 Å². The topological polar surface area (TPSA) is 37.6 Å². The van der Waals surface area contributed by atoms with Crippen LogP contribution in [0.4, 0.5) is 0 Å². The number of amides is 1. The molecule has 0 atom stereocenters. The predicted molar refractivity (Wildman–Crippen MR) is 53.2 cm³/mol. The van der Waals surface area contributed by atoms with Gasteiger partial charge in [0, 0.05) is 20.3 Å². The van der Waals surface area contributed by atoms with Crippen molar-refractivity contribution >= 4 is 11.4 Å². The molecule has 0 N–H and O–H groups in total. The van der Waals surface area contributed by atoms with E-state index < -0.39 is 0 Å². The Balaban J connectivity index is 2.48. The van der Waals surface area contributed by atoms with E-state index in [1.54, 1.807) is 43.8 Å². The number of pyridine rings is 1. The second kappa shape index (κ2) is 3.14. The molecule has 4 nitrogen and oxygen atoms in total. The van der Waals surface area contributed by atoms with Crippen molar-refractivity contribution in [3.8, 4) is 0 Å². The van der Waals surface area contributed by atoms with Crippen molar-refractivity contribution < 1.29 is 4.79 Å². The third-order valence-corrected chi connectivity index (χ3v) is 2.06. The van der Waals surface area contributed by atoms with Crippen LogP contribution in [-0.2, 0) is 0 Å². The average molecular weight is 189 g/mol. The van der Waals surface area contributed by atoms with Gasteiger partial charge in [0.25, 0.3) is 5.91 Å². The van der Waals surface area contributed by atoms with Crippen LogP contribution in [0.1, 0.15) is 10.4 Å². The van der Waals surface area contributed by atoms with Gasteiger partial charge in [0.2, 0.25) is 0 Å². The van der Waals surface area contributed by atoms with Gasteiger partial charge in [0.15, 0.2) is 0 Å². The van der Waals surface area contributed by atoms with Crippen LogP contribution < -0.4 is 0 Å². The maximum Gasteiger partial charge on any atom is 0.254 e. The fourth-order valence-corrected chi connectivity index (χ4v) is 1.30. The molecule has 0 aliphatic rings. The molecule has 4 heteroatoms. The van der Waals surface area contributed by atoms with Crippen molar-refractivity contribution in [2.24, 2.45) is 0 Å². The molecule has 0 saturated carbocycles. The van der Waals surface area contributed by atoms with Crippen molar-refractivity contribution in [1.82, 2.24) is 14.3 Å². The monoisotopic (exact) mass is 189 g/mol. The highest BCUT2D eigenvalue weighted by Crippen LogP contribution is 2.07. The van der Waals surface area contributed by atoms with Gasteiger partial charge in [-0.05, 0) is 12.1 Å². The molecule has 2 heterocycles. The van der Waals surface area contributed by atoms with E-state index in [4.69, 9.17) is 0 Å². The third kappa shape index (κ3) is 1.35. The number of imidazole rings is 1. The zero-order valence-electron chi connectivity index (χ0n) is 8.14. The highest BCUT2D eigenvalue weighted by atomic mass is 16.2. The van der Waals surface area contributed by atoms with E-state index in [2.05, 4.69) is 4.98 Å². The lowest BCUT2D eigenvalue weighted by atomic mass is 10.2. The number of hydrogen-bond donors (Lipinski definition) is 0. The van der Waals surface area contributed by atoms with Crippen LogP contribution in [-0.4, -0.2) is 34.3 Å². The van der Waals surface area contributed by atoms with Crippen molar-refractivity contribution in [2.45, 2.75) is 0 Å². The fourth-order valence-electron chi connectivity index (χ4n) is 1.30. The second-order valence-corrected chi connectivity index (χ2v) is 3.34. The van der Waals surface area contributed by atoms with Crippen LogP contribution in [0.5, 0.6) is 0 Å². The summed E-state index contributed by atoms with van der Waals surface area (Å²) in [6.07, 6.45) is 5.22. The smallest absolute Gasteiger partial charge is 0.254 e. The summed E-state index contributed by atoms with van der Waals surface area (Å²) in [5.74, 6) is 0.000556. The summed E-state index contributed by atoms with van der Waals surface area (Å²) >= 11 is 0. The number of nitrogens with zero attached hydrogens (tertiary/aromatic N) is 3. The molecule has 1 amide bonds. The van der Waals surface area contributed by atoms with Gasteiger partial charge in [0.1, 0.15) is 0 Å². The molecule has 2 aromatic rings. The fraction of sp³-hybridized carbons (Fsp3) is 0.200. The van der Waals surface area contributed by atoms with Gasteiger partial charge in [-0.25, -0.2) is 4.98 Å². The minimum atomic E-state index is 0.000556. The Bertz CT molecular complexity index is 473. The lowest BCUT2D eigenvalue weighted by molar-refractivity contribution is 0.0827. The molecule has 0 aromatic carbocycles. The Hall–Kier alpha value is -1.84. The van der Waals surface area contributed by atoms with E-state index in [1.807, 2.05) is 10.5 Å². The molecule has 0 saturated heterocycles. The molecular weight excluding hydrogens is 178 g/mol. The molecule has 0 aliphatic carbocycles. The lowest BCUT2D eigenvalue weighted by Crippen LogP contribution is -2.21. The number of carbonyl (C=O) groups is 1. The summed E-state index contributed by atoms with van der Waals surface area (Å²) in [5, 5.41) is 0. The lowest BCUT2D eigenvalue weighted by Gasteiger charge is -2.09. The Morgan fingerprint density at radius 2 is 2.21 bits per heavy atom. The molecule has 72 valence electrons. The zero-order valence-corrected chi connectivity index (χ0v) is 8.14. The summed E-state index contributed by atoms with van der Waals surface area (Å²) in [6, 6.07) is 3.68. The zero-order chi connectivity index (χ0) is 10.1. The Morgan fingerprint density at radius 1 is 1.43 bits per heavy atom. The van der Waals surface area contributed by atoms with Crippen LogP contribution in [0.15, 0.2) is 30.9 Å². The summed E-state index contributed by atoms with van der Waals surface area (Å²) < 4.78 is 1.83. The van der Waals surface area contributed by atoms with Gasteiger partial charge < -0.3 is 9.30 Å². The SMILES string of the molecule is CN(C)C(=O)c1ccc2cncn2c1. The summed E-state index contributed by atoms with van der Waals surface area (Å²) in [5.41, 5.74) is 1.65. The Morgan fingerprint density at radius 3 is 2.93 bits per heavy atom. The molecular formula is C10H11N3O. The van der Waals surface area contributed by atoms with Crippen LogP contribution in [0, 0.1) is 0 Å². The molecule has 2 aromatic heterocycles. The summed E-state index contributed by atoms with van der Waals surface area (Å²) in [7, 11) is 3.47. The van der Waals surface area contributed by atoms with Gasteiger partial charge in [0.05, 0.1) is 23.6 Å². The number of fused-ring (bicyclic) bond motifs is 1. The number of rotatable bonds is 1. The van der Waals surface area contributed by atoms with Crippen molar-refractivity contribution in [3.05, 3.63) is 36.4 Å². The number of carbonyl (C=O) groups excluding carboxylic acids is 1. The minimum absolute atomic E-state index is 0.000556. The first-order valence-corrected chi connectivity index (χ1v) is 4.32. The van der Waals surface area contributed by atoms with E-state index >= 15 is 0 Å². The maximum atomic E-state index is 11.6. The summed E-state index contributed by atoms with van der Waals surface area (Å²) in [4.78, 5) is 17.1. The molecule has 0 fully saturated rings. The van der Waals surface area contributed by atoms with E-state index in [0.29, 0.717) is 5.56 Å². The van der Waals surface area contributed by atoms with Crippen molar-refractivity contribution in [3.63, 3.8) is 0 Å². The molecule has 0 radical (unpaired) electrons. The summed E-state index contributed by atoms with van der Waals surface area (Å²) in [6.45, 7) is 0. The van der Waals surface area contributed by atoms with E-state index in [9.17, 15) is 4.79 Å².